The number of carbonyl (C=O) groups excluding carboxylic acids is 3. The monoisotopic (exact) mass is 492 g/mol. The van der Waals surface area contributed by atoms with E-state index in [9.17, 15) is 14.4 Å². The summed E-state index contributed by atoms with van der Waals surface area (Å²) in [5.41, 5.74) is 4.64. The molecule has 192 valence electrons. The lowest BCUT2D eigenvalue weighted by molar-refractivity contribution is -0.136. The normalized spacial score (nSPS) is 16.8. The number of amides is 3. The largest absolute Gasteiger partial charge is 0.379 e. The topological polar surface area (TPSA) is 91.0 Å². The van der Waals surface area contributed by atoms with E-state index in [1.165, 1.54) is 5.56 Å². The van der Waals surface area contributed by atoms with Crippen molar-refractivity contribution < 1.29 is 19.1 Å². The number of benzene rings is 2. The molecule has 3 amide bonds. The Morgan fingerprint density at radius 3 is 2.39 bits per heavy atom. The van der Waals surface area contributed by atoms with E-state index in [1.807, 2.05) is 26.8 Å². The number of hydrogen-bond acceptors (Lipinski definition) is 5. The number of aryl methyl sites for hydroxylation is 2. The Morgan fingerprint density at radius 1 is 0.972 bits per heavy atom. The Hall–Kier alpha value is -3.23. The lowest BCUT2D eigenvalue weighted by Gasteiger charge is -2.35. The standard InChI is InChI=1S/C28H36N4O4/c1-19(2)28(35)32-12-4-5-21-10-11-23(17-24(21)32)30-27(34)26(33)29-18-25(31-13-15-36-16-14-31)22-8-6-20(3)7-9-22/h6-11,17,19,25H,4-5,12-16,18H2,1-3H3,(H,29,33)(H,30,34). The number of nitrogens with one attached hydrogen (secondary N) is 2. The summed E-state index contributed by atoms with van der Waals surface area (Å²) in [6.45, 7) is 9.60. The molecular weight excluding hydrogens is 456 g/mol. The van der Waals surface area contributed by atoms with Crippen molar-refractivity contribution in [2.45, 2.75) is 39.7 Å². The molecule has 2 heterocycles. The van der Waals surface area contributed by atoms with Gasteiger partial charge in [-0.3, -0.25) is 19.3 Å². The van der Waals surface area contributed by atoms with E-state index in [1.54, 1.807) is 17.0 Å². The minimum atomic E-state index is -0.725. The third-order valence-electron chi connectivity index (χ3n) is 6.83. The van der Waals surface area contributed by atoms with Crippen molar-refractivity contribution in [1.29, 1.82) is 0 Å². The van der Waals surface area contributed by atoms with Crippen molar-refractivity contribution in [3.63, 3.8) is 0 Å². The van der Waals surface area contributed by atoms with E-state index in [0.29, 0.717) is 32.0 Å². The molecule has 2 aromatic carbocycles. The van der Waals surface area contributed by atoms with Gasteiger partial charge in [-0.15, -0.1) is 0 Å². The highest BCUT2D eigenvalue weighted by molar-refractivity contribution is 6.39. The molecular formula is C28H36N4O4. The fourth-order valence-electron chi connectivity index (χ4n) is 4.79. The third kappa shape index (κ3) is 6.12. The molecule has 1 fully saturated rings. The van der Waals surface area contributed by atoms with Crippen molar-refractivity contribution in [2.24, 2.45) is 5.92 Å². The van der Waals surface area contributed by atoms with Gasteiger partial charge in [0.25, 0.3) is 0 Å². The van der Waals surface area contributed by atoms with Crippen LogP contribution in [0.25, 0.3) is 0 Å². The van der Waals surface area contributed by atoms with E-state index in [-0.39, 0.29) is 17.9 Å². The van der Waals surface area contributed by atoms with Crippen LogP contribution in [0.15, 0.2) is 42.5 Å². The van der Waals surface area contributed by atoms with Crippen LogP contribution >= 0.6 is 0 Å². The quantitative estimate of drug-likeness (QED) is 0.605. The van der Waals surface area contributed by atoms with Crippen LogP contribution in [0.2, 0.25) is 0 Å². The summed E-state index contributed by atoms with van der Waals surface area (Å²) >= 11 is 0. The maximum absolute atomic E-state index is 12.7. The smallest absolute Gasteiger partial charge is 0.313 e. The zero-order chi connectivity index (χ0) is 25.7. The predicted octanol–water partition coefficient (Wildman–Crippen LogP) is 3.06. The minimum absolute atomic E-state index is 0.0504. The Bertz CT molecular complexity index is 1090. The van der Waals surface area contributed by atoms with Crippen molar-refractivity contribution >= 4 is 29.1 Å². The van der Waals surface area contributed by atoms with Crippen molar-refractivity contribution in [1.82, 2.24) is 10.2 Å². The first kappa shape index (κ1) is 25.9. The van der Waals surface area contributed by atoms with Crippen molar-refractivity contribution in [3.05, 3.63) is 59.2 Å². The lowest BCUT2D eigenvalue weighted by Crippen LogP contribution is -2.45. The number of hydrogen-bond donors (Lipinski definition) is 2. The van der Waals surface area contributed by atoms with Gasteiger partial charge in [-0.25, -0.2) is 0 Å². The predicted molar refractivity (Wildman–Crippen MR) is 140 cm³/mol. The lowest BCUT2D eigenvalue weighted by atomic mass is 9.99. The molecule has 8 nitrogen and oxygen atoms in total. The zero-order valence-corrected chi connectivity index (χ0v) is 21.4. The van der Waals surface area contributed by atoms with Crippen LogP contribution < -0.4 is 15.5 Å². The molecule has 0 radical (unpaired) electrons. The second-order valence-corrected chi connectivity index (χ2v) is 9.83. The summed E-state index contributed by atoms with van der Waals surface area (Å²) in [4.78, 5) is 42.2. The Morgan fingerprint density at radius 2 is 1.69 bits per heavy atom. The van der Waals surface area contributed by atoms with E-state index in [4.69, 9.17) is 4.74 Å². The Balaban J connectivity index is 1.42. The SMILES string of the molecule is Cc1ccc(C(CNC(=O)C(=O)Nc2ccc3c(c2)N(C(=O)C(C)C)CCC3)N2CCOCC2)cc1. The van der Waals surface area contributed by atoms with Crippen LogP contribution in [0.1, 0.15) is 43.0 Å². The summed E-state index contributed by atoms with van der Waals surface area (Å²) < 4.78 is 5.49. The van der Waals surface area contributed by atoms with Gasteiger partial charge in [0.15, 0.2) is 0 Å². The molecule has 8 heteroatoms. The average Bonchev–Trinajstić information content (AvgIpc) is 2.89. The number of rotatable bonds is 6. The molecule has 2 N–H and O–H groups in total. The summed E-state index contributed by atoms with van der Waals surface area (Å²) in [5.74, 6) is -1.47. The van der Waals surface area contributed by atoms with Crippen LogP contribution in [0.3, 0.4) is 0 Å². The van der Waals surface area contributed by atoms with E-state index >= 15 is 0 Å². The Kier molecular flexibility index (Phi) is 8.38. The number of fused-ring (bicyclic) bond motifs is 1. The summed E-state index contributed by atoms with van der Waals surface area (Å²) in [5, 5.41) is 5.53. The third-order valence-corrected chi connectivity index (χ3v) is 6.83. The molecule has 0 bridgehead atoms. The highest BCUT2D eigenvalue weighted by Crippen LogP contribution is 2.31. The fraction of sp³-hybridized carbons (Fsp3) is 0.464. The number of anilines is 2. The maximum Gasteiger partial charge on any atom is 0.313 e. The van der Waals surface area contributed by atoms with Gasteiger partial charge in [0, 0.05) is 43.5 Å². The van der Waals surface area contributed by atoms with Crippen LogP contribution in [0.5, 0.6) is 0 Å². The number of ether oxygens (including phenoxy) is 1. The second-order valence-electron chi connectivity index (χ2n) is 9.83. The molecule has 0 aliphatic carbocycles. The minimum Gasteiger partial charge on any atom is -0.379 e. The molecule has 1 saturated heterocycles. The fourth-order valence-corrected chi connectivity index (χ4v) is 4.79. The number of nitrogens with zero attached hydrogens (tertiary/aromatic N) is 2. The van der Waals surface area contributed by atoms with Gasteiger partial charge in [-0.05, 0) is 43.0 Å². The van der Waals surface area contributed by atoms with Crippen molar-refractivity contribution in [3.8, 4) is 0 Å². The van der Waals surface area contributed by atoms with Gasteiger partial charge in [0.1, 0.15) is 0 Å². The molecule has 0 aromatic heterocycles. The van der Waals surface area contributed by atoms with Gasteiger partial charge >= 0.3 is 11.8 Å². The second kappa shape index (κ2) is 11.7. The van der Waals surface area contributed by atoms with Crippen LogP contribution in [-0.4, -0.2) is 62.0 Å². The molecule has 0 saturated carbocycles. The first-order valence-electron chi connectivity index (χ1n) is 12.8. The molecule has 2 aliphatic heterocycles. The summed E-state index contributed by atoms with van der Waals surface area (Å²) in [6, 6.07) is 13.7. The van der Waals surface area contributed by atoms with Gasteiger partial charge in [0.2, 0.25) is 5.91 Å². The first-order chi connectivity index (χ1) is 17.3. The Labute approximate surface area is 213 Å². The molecule has 36 heavy (non-hydrogen) atoms. The van der Waals surface area contributed by atoms with E-state index in [2.05, 4.69) is 39.8 Å². The molecule has 4 rings (SSSR count). The summed E-state index contributed by atoms with van der Waals surface area (Å²) in [7, 11) is 0. The molecule has 1 atom stereocenters. The van der Waals surface area contributed by atoms with Crippen molar-refractivity contribution in [2.75, 3.05) is 49.6 Å². The molecule has 2 aromatic rings. The molecule has 1 unspecified atom stereocenters. The molecule has 0 spiro atoms. The zero-order valence-electron chi connectivity index (χ0n) is 21.4. The van der Waals surface area contributed by atoms with Crippen LogP contribution in [-0.2, 0) is 25.5 Å². The summed E-state index contributed by atoms with van der Waals surface area (Å²) in [6.07, 6.45) is 1.79. The van der Waals surface area contributed by atoms with Gasteiger partial charge in [-0.2, -0.15) is 0 Å². The number of morpholine rings is 1. The number of carbonyl (C=O) groups is 3. The molecule has 2 aliphatic rings. The van der Waals surface area contributed by atoms with E-state index < -0.39 is 11.8 Å². The van der Waals surface area contributed by atoms with Gasteiger partial charge in [0.05, 0.1) is 19.3 Å². The van der Waals surface area contributed by atoms with Crippen LogP contribution in [0, 0.1) is 12.8 Å². The van der Waals surface area contributed by atoms with Gasteiger partial charge < -0.3 is 20.3 Å². The maximum atomic E-state index is 12.7. The highest BCUT2D eigenvalue weighted by Gasteiger charge is 2.26. The highest BCUT2D eigenvalue weighted by atomic mass is 16.5. The average molecular weight is 493 g/mol. The van der Waals surface area contributed by atoms with Gasteiger partial charge in [-0.1, -0.05) is 49.7 Å². The van der Waals surface area contributed by atoms with Crippen LogP contribution in [0.4, 0.5) is 11.4 Å². The van der Waals surface area contributed by atoms with E-state index in [0.717, 1.165) is 42.7 Å². The first-order valence-corrected chi connectivity index (χ1v) is 12.8.